The summed E-state index contributed by atoms with van der Waals surface area (Å²) in [4.78, 5) is 23.9. The Morgan fingerprint density at radius 1 is 1.35 bits per heavy atom. The number of carbonyl (C=O) groups is 2. The average Bonchev–Trinajstić information content (AvgIpc) is 2.44. The predicted molar refractivity (Wildman–Crippen MR) is 82.3 cm³/mol. The van der Waals surface area contributed by atoms with Gasteiger partial charge in [-0.1, -0.05) is 11.6 Å². The van der Waals surface area contributed by atoms with E-state index in [2.05, 4.69) is 5.32 Å². The fourth-order valence-electron chi connectivity index (χ4n) is 1.57. The number of hydrogen-bond donors (Lipinski definition) is 1. The Balaban J connectivity index is 2.70. The Kier molecular flexibility index (Phi) is 7.47. The van der Waals surface area contributed by atoms with Crippen molar-refractivity contribution in [1.29, 1.82) is 0 Å². The Labute approximate surface area is 128 Å². The monoisotopic (exact) mass is 315 g/mol. The van der Waals surface area contributed by atoms with Crippen molar-refractivity contribution < 1.29 is 14.3 Å². The number of benzene rings is 1. The lowest BCUT2D eigenvalue weighted by atomic mass is 10.1. The largest absolute Gasteiger partial charge is 0.464 e. The van der Waals surface area contributed by atoms with E-state index in [0.29, 0.717) is 23.6 Å². The van der Waals surface area contributed by atoms with Crippen LogP contribution >= 0.6 is 23.4 Å². The maximum absolute atomic E-state index is 12.1. The van der Waals surface area contributed by atoms with Crippen molar-refractivity contribution >= 4 is 35.2 Å². The van der Waals surface area contributed by atoms with Gasteiger partial charge in [0.15, 0.2) is 0 Å². The van der Waals surface area contributed by atoms with Gasteiger partial charge in [-0.15, -0.1) is 0 Å². The number of ether oxygens (including phenoxy) is 1. The summed E-state index contributed by atoms with van der Waals surface area (Å²) < 4.78 is 4.97. The Bertz CT molecular complexity index is 450. The van der Waals surface area contributed by atoms with E-state index < -0.39 is 12.0 Å². The first-order valence-electron chi connectivity index (χ1n) is 6.30. The van der Waals surface area contributed by atoms with E-state index >= 15 is 0 Å². The lowest BCUT2D eigenvalue weighted by Gasteiger charge is -2.16. The molecule has 0 saturated carbocycles. The lowest BCUT2D eigenvalue weighted by molar-refractivity contribution is -0.145. The first-order chi connectivity index (χ1) is 9.58. The molecule has 1 unspecified atom stereocenters. The second kappa shape index (κ2) is 8.87. The van der Waals surface area contributed by atoms with E-state index in [1.807, 2.05) is 6.26 Å². The highest BCUT2D eigenvalue weighted by Gasteiger charge is 2.22. The molecule has 0 aliphatic carbocycles. The maximum Gasteiger partial charge on any atom is 0.328 e. The first-order valence-corrected chi connectivity index (χ1v) is 8.07. The second-order valence-electron chi connectivity index (χ2n) is 4.07. The fraction of sp³-hybridized carbons (Fsp3) is 0.429. The maximum atomic E-state index is 12.1. The van der Waals surface area contributed by atoms with E-state index in [1.54, 1.807) is 43.0 Å². The standard InChI is InChI=1S/C14H18ClNO3S/c1-3-19-14(18)12(8-9-20-2)16-13(17)10-4-6-11(15)7-5-10/h4-7,12H,3,8-9H2,1-2H3,(H,16,17). The number of amides is 1. The van der Waals surface area contributed by atoms with Crippen molar-refractivity contribution in [2.45, 2.75) is 19.4 Å². The van der Waals surface area contributed by atoms with Gasteiger partial charge in [-0.3, -0.25) is 4.79 Å². The molecule has 1 aromatic carbocycles. The van der Waals surface area contributed by atoms with Gasteiger partial charge in [0.25, 0.3) is 5.91 Å². The number of nitrogens with one attached hydrogen (secondary N) is 1. The molecule has 4 nitrogen and oxygen atoms in total. The fourth-order valence-corrected chi connectivity index (χ4v) is 2.17. The first kappa shape index (κ1) is 16.9. The summed E-state index contributed by atoms with van der Waals surface area (Å²) in [5.41, 5.74) is 0.466. The summed E-state index contributed by atoms with van der Waals surface area (Å²) in [5.74, 6) is 0.0642. The van der Waals surface area contributed by atoms with Crippen molar-refractivity contribution in [3.63, 3.8) is 0 Å². The molecule has 20 heavy (non-hydrogen) atoms. The third kappa shape index (κ3) is 5.43. The lowest BCUT2D eigenvalue weighted by Crippen LogP contribution is -2.42. The molecule has 110 valence electrons. The van der Waals surface area contributed by atoms with Crippen LogP contribution in [0, 0.1) is 0 Å². The summed E-state index contributed by atoms with van der Waals surface area (Å²) in [7, 11) is 0. The van der Waals surface area contributed by atoms with Crippen LogP contribution in [0.3, 0.4) is 0 Å². The number of carbonyl (C=O) groups excluding carboxylic acids is 2. The van der Waals surface area contributed by atoms with Crippen LogP contribution in [-0.4, -0.2) is 36.5 Å². The molecule has 0 bridgehead atoms. The van der Waals surface area contributed by atoms with E-state index in [1.165, 1.54) is 0 Å². The molecule has 1 rings (SSSR count). The molecule has 0 spiro atoms. The van der Waals surface area contributed by atoms with Gasteiger partial charge in [0.05, 0.1) is 6.61 Å². The number of hydrogen-bond acceptors (Lipinski definition) is 4. The Morgan fingerprint density at radius 2 is 2.00 bits per heavy atom. The van der Waals surface area contributed by atoms with Crippen molar-refractivity contribution in [1.82, 2.24) is 5.32 Å². The van der Waals surface area contributed by atoms with Crippen LogP contribution in [0.5, 0.6) is 0 Å². The molecule has 1 N–H and O–H groups in total. The molecule has 0 fully saturated rings. The highest BCUT2D eigenvalue weighted by atomic mass is 35.5. The van der Waals surface area contributed by atoms with Crippen molar-refractivity contribution in [2.75, 3.05) is 18.6 Å². The molecule has 6 heteroatoms. The molecule has 1 aromatic rings. The smallest absolute Gasteiger partial charge is 0.328 e. The van der Waals surface area contributed by atoms with Crippen molar-refractivity contribution in [3.05, 3.63) is 34.9 Å². The number of esters is 1. The number of rotatable bonds is 7. The third-order valence-corrected chi connectivity index (χ3v) is 3.49. The summed E-state index contributed by atoms with van der Waals surface area (Å²) in [6, 6.07) is 5.89. The van der Waals surface area contributed by atoms with Gasteiger partial charge in [-0.05, 0) is 49.6 Å². The summed E-state index contributed by atoms with van der Waals surface area (Å²) in [5, 5.41) is 3.26. The van der Waals surface area contributed by atoms with E-state index in [0.717, 1.165) is 5.75 Å². The van der Waals surface area contributed by atoms with Crippen LogP contribution < -0.4 is 5.32 Å². The molecule has 0 aliphatic heterocycles. The average molecular weight is 316 g/mol. The van der Waals surface area contributed by atoms with Gasteiger partial charge in [0, 0.05) is 10.6 Å². The van der Waals surface area contributed by atoms with Gasteiger partial charge in [-0.2, -0.15) is 11.8 Å². The molecule has 1 amide bonds. The minimum Gasteiger partial charge on any atom is -0.464 e. The van der Waals surface area contributed by atoms with Gasteiger partial charge in [-0.25, -0.2) is 4.79 Å². The zero-order valence-corrected chi connectivity index (χ0v) is 13.1. The van der Waals surface area contributed by atoms with Crippen LogP contribution in [-0.2, 0) is 9.53 Å². The topological polar surface area (TPSA) is 55.4 Å². The number of halogens is 1. The van der Waals surface area contributed by atoms with E-state index in [9.17, 15) is 9.59 Å². The molecule has 0 aromatic heterocycles. The summed E-state index contributed by atoms with van der Waals surface area (Å²) in [6.45, 7) is 2.04. The van der Waals surface area contributed by atoms with Crippen LogP contribution in [0.15, 0.2) is 24.3 Å². The predicted octanol–water partition coefficient (Wildman–Crippen LogP) is 2.75. The van der Waals surface area contributed by atoms with Crippen molar-refractivity contribution in [3.8, 4) is 0 Å². The molecule has 0 radical (unpaired) electrons. The summed E-state index contributed by atoms with van der Waals surface area (Å²) >= 11 is 7.39. The van der Waals surface area contributed by atoms with Crippen LogP contribution in [0.25, 0.3) is 0 Å². The SMILES string of the molecule is CCOC(=O)C(CCSC)NC(=O)c1ccc(Cl)cc1. The third-order valence-electron chi connectivity index (χ3n) is 2.59. The molecular formula is C14H18ClNO3S. The van der Waals surface area contributed by atoms with Gasteiger partial charge < -0.3 is 10.1 Å². The summed E-state index contributed by atoms with van der Waals surface area (Å²) in [6.07, 6.45) is 2.49. The quantitative estimate of drug-likeness (QED) is 0.786. The molecule has 0 heterocycles. The molecule has 1 atom stereocenters. The molecule has 0 aliphatic rings. The Hall–Kier alpha value is -1.20. The second-order valence-corrected chi connectivity index (χ2v) is 5.49. The number of thioether (sulfide) groups is 1. The van der Waals surface area contributed by atoms with Crippen molar-refractivity contribution in [2.24, 2.45) is 0 Å². The van der Waals surface area contributed by atoms with Crippen LogP contribution in [0.1, 0.15) is 23.7 Å². The highest BCUT2D eigenvalue weighted by molar-refractivity contribution is 7.98. The van der Waals surface area contributed by atoms with Gasteiger partial charge in [0.1, 0.15) is 6.04 Å². The Morgan fingerprint density at radius 3 is 2.55 bits per heavy atom. The van der Waals surface area contributed by atoms with Crippen LogP contribution in [0.4, 0.5) is 0 Å². The zero-order chi connectivity index (χ0) is 15.0. The molecular weight excluding hydrogens is 298 g/mol. The van der Waals surface area contributed by atoms with E-state index in [4.69, 9.17) is 16.3 Å². The minimum atomic E-state index is -0.620. The van der Waals surface area contributed by atoms with Gasteiger partial charge in [0.2, 0.25) is 0 Å². The van der Waals surface area contributed by atoms with Gasteiger partial charge >= 0.3 is 5.97 Å². The normalized spacial score (nSPS) is 11.8. The van der Waals surface area contributed by atoms with Crippen LogP contribution in [0.2, 0.25) is 5.02 Å². The zero-order valence-electron chi connectivity index (χ0n) is 11.5. The minimum absolute atomic E-state index is 0.297. The molecule has 0 saturated heterocycles. The highest BCUT2D eigenvalue weighted by Crippen LogP contribution is 2.10. The van der Waals surface area contributed by atoms with E-state index in [-0.39, 0.29) is 5.91 Å².